The number of aromatic nitrogens is 4. The van der Waals surface area contributed by atoms with Gasteiger partial charge in [-0.25, -0.2) is 0 Å². The zero-order valence-electron chi connectivity index (χ0n) is 17.2. The Kier molecular flexibility index (Phi) is 6.00. The van der Waals surface area contributed by atoms with E-state index in [1.54, 1.807) is 0 Å². The minimum Gasteiger partial charge on any atom is -0.481 e. The normalized spacial score (nSPS) is 24.6. The molecule has 2 N–H and O–H groups in total. The molecule has 3 heterocycles. The molecule has 2 aromatic rings. The highest BCUT2D eigenvalue weighted by Crippen LogP contribution is 2.36. The predicted octanol–water partition coefficient (Wildman–Crippen LogP) is 0.220. The van der Waals surface area contributed by atoms with Crippen molar-refractivity contribution in [1.29, 1.82) is 0 Å². The van der Waals surface area contributed by atoms with Crippen molar-refractivity contribution in [3.8, 4) is 11.8 Å². The molecule has 1 aromatic carbocycles. The van der Waals surface area contributed by atoms with Crippen molar-refractivity contribution < 1.29 is 28.9 Å². The number of amides is 1. The lowest BCUT2D eigenvalue weighted by Crippen LogP contribution is -2.44. The topological polar surface area (TPSA) is 141 Å². The second-order valence-electron chi connectivity index (χ2n) is 7.63. The van der Waals surface area contributed by atoms with Crippen molar-refractivity contribution in [3.05, 3.63) is 24.3 Å². The molecule has 1 amide bonds. The van der Waals surface area contributed by atoms with Crippen molar-refractivity contribution in [2.45, 2.75) is 37.1 Å². The third-order valence-corrected chi connectivity index (χ3v) is 5.26. The number of anilines is 1. The van der Waals surface area contributed by atoms with Crippen LogP contribution in [-0.2, 0) is 19.1 Å². The first-order valence-electron chi connectivity index (χ1n) is 9.90. The van der Waals surface area contributed by atoms with Crippen molar-refractivity contribution in [2.75, 3.05) is 32.2 Å². The summed E-state index contributed by atoms with van der Waals surface area (Å²) in [7, 11) is 3.88. The van der Waals surface area contributed by atoms with Gasteiger partial charge in [-0.1, -0.05) is 11.2 Å². The summed E-state index contributed by atoms with van der Waals surface area (Å²) in [4.78, 5) is 24.6. The van der Waals surface area contributed by atoms with Crippen LogP contribution in [0.3, 0.4) is 0 Å². The van der Waals surface area contributed by atoms with Crippen LogP contribution < -0.4 is 15.0 Å². The monoisotopic (exact) mass is 432 g/mol. The number of carboxylic acid groups (broad SMARTS) is 1. The van der Waals surface area contributed by atoms with E-state index in [1.165, 1.54) is 4.68 Å². The summed E-state index contributed by atoms with van der Waals surface area (Å²) >= 11 is 0. The van der Waals surface area contributed by atoms with Gasteiger partial charge >= 0.3 is 12.0 Å². The van der Waals surface area contributed by atoms with E-state index in [0.717, 1.165) is 5.69 Å². The van der Waals surface area contributed by atoms with Crippen LogP contribution in [-0.4, -0.2) is 82.7 Å². The van der Waals surface area contributed by atoms with E-state index in [1.807, 2.05) is 43.3 Å². The fourth-order valence-electron chi connectivity index (χ4n) is 3.70. The summed E-state index contributed by atoms with van der Waals surface area (Å²) in [6.07, 6.45) is -1.07. The van der Waals surface area contributed by atoms with Gasteiger partial charge < -0.3 is 29.5 Å². The molecule has 0 aliphatic carbocycles. The standard InChI is InChI=1S/C19H24N6O6/c1-24(2)11-4-3-5-12(8-11)31-19-21-22-23-25(19)14-10-30-17-13(9-29-18(14)17)20-15(26)6-7-16(27)28/h3-5,8,13-14,17-18H,6-7,9-10H2,1-2H3,(H,20,26)(H,27,28)/t13-,14-,17+,18+/m0/s1. The Balaban J connectivity index is 1.42. The molecular weight excluding hydrogens is 408 g/mol. The molecule has 12 nitrogen and oxygen atoms in total. The quantitative estimate of drug-likeness (QED) is 0.595. The van der Waals surface area contributed by atoms with Crippen molar-refractivity contribution >= 4 is 17.6 Å². The molecule has 2 saturated heterocycles. The zero-order chi connectivity index (χ0) is 22.0. The van der Waals surface area contributed by atoms with Crippen LogP contribution in [0.25, 0.3) is 0 Å². The third-order valence-electron chi connectivity index (χ3n) is 5.26. The number of rotatable bonds is 8. The average Bonchev–Trinajstić information content (AvgIpc) is 3.44. The van der Waals surface area contributed by atoms with Crippen LogP contribution in [0, 0.1) is 0 Å². The largest absolute Gasteiger partial charge is 0.481 e. The third kappa shape index (κ3) is 4.59. The average molecular weight is 432 g/mol. The molecular formula is C19H24N6O6. The van der Waals surface area contributed by atoms with Crippen LogP contribution in [0.4, 0.5) is 5.69 Å². The van der Waals surface area contributed by atoms with E-state index in [-0.39, 0.29) is 62.3 Å². The number of benzene rings is 1. The molecule has 2 fully saturated rings. The predicted molar refractivity (Wildman–Crippen MR) is 106 cm³/mol. The molecule has 1 aromatic heterocycles. The van der Waals surface area contributed by atoms with Crippen LogP contribution in [0.2, 0.25) is 0 Å². The number of ether oxygens (including phenoxy) is 3. The van der Waals surface area contributed by atoms with E-state index in [0.29, 0.717) is 5.75 Å². The summed E-state index contributed by atoms with van der Waals surface area (Å²) in [6.45, 7) is 0.545. The van der Waals surface area contributed by atoms with Gasteiger partial charge in [0.1, 0.15) is 24.0 Å². The minimum absolute atomic E-state index is 0.0936. The van der Waals surface area contributed by atoms with E-state index >= 15 is 0 Å². The number of nitrogens with zero attached hydrogens (tertiary/aromatic N) is 5. The molecule has 0 radical (unpaired) electrons. The Morgan fingerprint density at radius 2 is 2.06 bits per heavy atom. The van der Waals surface area contributed by atoms with Gasteiger partial charge in [-0.05, 0) is 22.6 Å². The lowest BCUT2D eigenvalue weighted by Gasteiger charge is -2.18. The number of nitrogens with one attached hydrogen (secondary N) is 1. The molecule has 31 heavy (non-hydrogen) atoms. The second-order valence-corrected chi connectivity index (χ2v) is 7.63. The Morgan fingerprint density at radius 3 is 2.84 bits per heavy atom. The van der Waals surface area contributed by atoms with E-state index < -0.39 is 5.97 Å². The molecule has 2 aliphatic heterocycles. The molecule has 4 rings (SSSR count). The van der Waals surface area contributed by atoms with Crippen LogP contribution in [0.1, 0.15) is 18.9 Å². The SMILES string of the molecule is CN(C)c1cccc(Oc2nnnn2[C@H]2CO[C@H]3[C@@H]2OC[C@@H]3NC(=O)CCC(=O)O)c1. The molecule has 0 spiro atoms. The number of hydrogen-bond acceptors (Lipinski definition) is 9. The Bertz CT molecular complexity index is 949. The van der Waals surface area contributed by atoms with Crippen LogP contribution >= 0.6 is 0 Å². The summed E-state index contributed by atoms with van der Waals surface area (Å²) in [6, 6.07) is 7.05. The fraction of sp³-hybridized carbons (Fsp3) is 0.526. The number of fused-ring (bicyclic) bond motifs is 1. The summed E-state index contributed by atoms with van der Waals surface area (Å²) in [5.74, 6) is -0.778. The first kappa shape index (κ1) is 21.0. The maximum atomic E-state index is 12.0. The van der Waals surface area contributed by atoms with Gasteiger partial charge in [0.2, 0.25) is 5.91 Å². The van der Waals surface area contributed by atoms with Gasteiger partial charge in [-0.15, -0.1) is 0 Å². The first-order chi connectivity index (χ1) is 14.9. The summed E-state index contributed by atoms with van der Waals surface area (Å²) in [5.41, 5.74) is 0.974. The van der Waals surface area contributed by atoms with Gasteiger partial charge in [-0.3, -0.25) is 9.59 Å². The fourth-order valence-corrected chi connectivity index (χ4v) is 3.70. The summed E-state index contributed by atoms with van der Waals surface area (Å²) in [5, 5.41) is 23.3. The lowest BCUT2D eigenvalue weighted by atomic mass is 10.1. The van der Waals surface area contributed by atoms with Crippen molar-refractivity contribution in [2.24, 2.45) is 0 Å². The molecule has 4 atom stereocenters. The molecule has 0 bridgehead atoms. The highest BCUT2D eigenvalue weighted by atomic mass is 16.6. The molecule has 0 saturated carbocycles. The number of carboxylic acids is 1. The van der Waals surface area contributed by atoms with Gasteiger partial charge in [0.25, 0.3) is 0 Å². The first-order valence-corrected chi connectivity index (χ1v) is 9.90. The van der Waals surface area contributed by atoms with E-state index in [4.69, 9.17) is 19.3 Å². The number of hydrogen-bond donors (Lipinski definition) is 2. The number of tetrazole rings is 1. The van der Waals surface area contributed by atoms with Crippen molar-refractivity contribution in [1.82, 2.24) is 25.5 Å². The van der Waals surface area contributed by atoms with Gasteiger partial charge in [-0.2, -0.15) is 4.68 Å². The Morgan fingerprint density at radius 1 is 1.26 bits per heavy atom. The smallest absolute Gasteiger partial charge is 0.341 e. The van der Waals surface area contributed by atoms with Gasteiger partial charge in [0, 0.05) is 32.3 Å². The maximum absolute atomic E-state index is 12.0. The molecule has 12 heteroatoms. The maximum Gasteiger partial charge on any atom is 0.341 e. The van der Waals surface area contributed by atoms with Gasteiger partial charge in [0.05, 0.1) is 25.7 Å². The molecule has 2 aliphatic rings. The Labute approximate surface area is 178 Å². The highest BCUT2D eigenvalue weighted by molar-refractivity contribution is 5.80. The Hall–Kier alpha value is -3.25. The van der Waals surface area contributed by atoms with E-state index in [9.17, 15) is 9.59 Å². The van der Waals surface area contributed by atoms with E-state index in [2.05, 4.69) is 20.8 Å². The minimum atomic E-state index is -1.02. The lowest BCUT2D eigenvalue weighted by molar-refractivity contribution is -0.139. The second kappa shape index (κ2) is 8.86. The van der Waals surface area contributed by atoms with Crippen LogP contribution in [0.15, 0.2) is 24.3 Å². The molecule has 166 valence electrons. The number of carbonyl (C=O) groups is 2. The summed E-state index contributed by atoms with van der Waals surface area (Å²) < 4.78 is 19.2. The number of carbonyl (C=O) groups excluding carboxylic acids is 1. The number of aliphatic carboxylic acids is 1. The van der Waals surface area contributed by atoms with Crippen molar-refractivity contribution in [3.63, 3.8) is 0 Å². The van der Waals surface area contributed by atoms with Gasteiger partial charge in [0.15, 0.2) is 0 Å². The molecule has 0 unspecified atom stereocenters. The zero-order valence-corrected chi connectivity index (χ0v) is 17.2. The highest BCUT2D eigenvalue weighted by Gasteiger charge is 2.50. The van der Waals surface area contributed by atoms with Crippen LogP contribution in [0.5, 0.6) is 11.8 Å².